The van der Waals surface area contributed by atoms with Crippen LogP contribution >= 0.6 is 11.6 Å². The zero-order valence-electron chi connectivity index (χ0n) is 15.6. The highest BCUT2D eigenvalue weighted by Gasteiger charge is 2.22. The summed E-state index contributed by atoms with van der Waals surface area (Å²) in [6.07, 6.45) is 0.941. The summed E-state index contributed by atoms with van der Waals surface area (Å²) >= 11 is 5.95. The van der Waals surface area contributed by atoms with Crippen molar-refractivity contribution in [1.82, 2.24) is 9.80 Å². The number of hydrogen-bond donors (Lipinski definition) is 0. The van der Waals surface area contributed by atoms with E-state index in [1.165, 1.54) is 0 Å². The van der Waals surface area contributed by atoms with Gasteiger partial charge in [-0.05, 0) is 42.8 Å². The molecule has 1 fully saturated rings. The van der Waals surface area contributed by atoms with Crippen LogP contribution in [0.25, 0.3) is 0 Å². The number of halogens is 1. The van der Waals surface area contributed by atoms with Crippen molar-refractivity contribution in [3.63, 3.8) is 0 Å². The summed E-state index contributed by atoms with van der Waals surface area (Å²) in [5.74, 6) is 1.58. The average molecular weight is 389 g/mol. The Morgan fingerprint density at radius 1 is 1.04 bits per heavy atom. The van der Waals surface area contributed by atoms with Gasteiger partial charge in [-0.3, -0.25) is 9.69 Å². The van der Waals surface area contributed by atoms with Crippen molar-refractivity contribution in [3.8, 4) is 11.5 Å². The summed E-state index contributed by atoms with van der Waals surface area (Å²) in [7, 11) is 1.61. The molecule has 0 saturated carbocycles. The number of rotatable bonds is 7. The van der Waals surface area contributed by atoms with Crippen LogP contribution in [0.5, 0.6) is 11.5 Å². The van der Waals surface area contributed by atoms with Crippen LogP contribution in [0.4, 0.5) is 0 Å². The number of methoxy groups -OCH3 is 1. The summed E-state index contributed by atoms with van der Waals surface area (Å²) in [6.45, 7) is 4.86. The number of carbonyl (C=O) groups is 1. The maximum absolute atomic E-state index is 12.6. The molecule has 0 spiro atoms. The van der Waals surface area contributed by atoms with Crippen LogP contribution in [0.15, 0.2) is 48.5 Å². The number of piperazine rings is 1. The Morgan fingerprint density at radius 3 is 2.52 bits per heavy atom. The molecule has 1 heterocycles. The smallest absolute Gasteiger partial charge is 0.254 e. The van der Waals surface area contributed by atoms with Crippen LogP contribution in [0.3, 0.4) is 0 Å². The van der Waals surface area contributed by atoms with Crippen LogP contribution in [0, 0.1) is 0 Å². The van der Waals surface area contributed by atoms with Crippen LogP contribution < -0.4 is 9.47 Å². The Bertz CT molecular complexity index is 761. The fraction of sp³-hybridized carbons (Fsp3) is 0.381. The highest BCUT2D eigenvalue weighted by molar-refractivity contribution is 6.30. The highest BCUT2D eigenvalue weighted by Crippen LogP contribution is 2.18. The molecule has 0 N–H and O–H groups in total. The molecule has 2 aromatic carbocycles. The third-order valence-electron chi connectivity index (χ3n) is 4.66. The first-order chi connectivity index (χ1) is 13.2. The number of amides is 1. The third-order valence-corrected chi connectivity index (χ3v) is 4.89. The predicted molar refractivity (Wildman–Crippen MR) is 107 cm³/mol. The van der Waals surface area contributed by atoms with E-state index in [0.717, 1.165) is 44.9 Å². The van der Waals surface area contributed by atoms with Gasteiger partial charge in [0.1, 0.15) is 11.5 Å². The van der Waals surface area contributed by atoms with Crippen molar-refractivity contribution < 1.29 is 14.3 Å². The van der Waals surface area contributed by atoms with E-state index in [1.54, 1.807) is 13.2 Å². The van der Waals surface area contributed by atoms with E-state index >= 15 is 0 Å². The quantitative estimate of drug-likeness (QED) is 0.680. The first kappa shape index (κ1) is 19.5. The van der Waals surface area contributed by atoms with Crippen LogP contribution in [-0.2, 0) is 0 Å². The van der Waals surface area contributed by atoms with Gasteiger partial charge in [0.2, 0.25) is 0 Å². The normalized spacial score (nSPS) is 14.8. The molecule has 0 aliphatic carbocycles. The molecule has 1 aliphatic rings. The zero-order valence-corrected chi connectivity index (χ0v) is 16.3. The van der Waals surface area contributed by atoms with Gasteiger partial charge in [0.25, 0.3) is 5.91 Å². The first-order valence-electron chi connectivity index (χ1n) is 9.20. The monoisotopic (exact) mass is 388 g/mol. The van der Waals surface area contributed by atoms with E-state index in [0.29, 0.717) is 22.9 Å². The molecule has 5 nitrogen and oxygen atoms in total. The lowest BCUT2D eigenvalue weighted by molar-refractivity contribution is 0.0630. The molecule has 0 atom stereocenters. The highest BCUT2D eigenvalue weighted by atomic mass is 35.5. The maximum atomic E-state index is 12.6. The van der Waals surface area contributed by atoms with E-state index in [-0.39, 0.29) is 5.91 Å². The van der Waals surface area contributed by atoms with Crippen molar-refractivity contribution in [2.24, 2.45) is 0 Å². The molecular weight excluding hydrogens is 364 g/mol. The largest absolute Gasteiger partial charge is 0.497 e. The summed E-state index contributed by atoms with van der Waals surface area (Å²) in [5, 5.41) is 0.685. The van der Waals surface area contributed by atoms with Crippen molar-refractivity contribution in [3.05, 3.63) is 59.1 Å². The minimum Gasteiger partial charge on any atom is -0.497 e. The van der Waals surface area contributed by atoms with E-state index in [9.17, 15) is 4.79 Å². The van der Waals surface area contributed by atoms with Crippen LogP contribution in [-0.4, -0.2) is 62.1 Å². The van der Waals surface area contributed by atoms with Gasteiger partial charge in [0.05, 0.1) is 13.7 Å². The minimum atomic E-state index is 0.0674. The second-order valence-electron chi connectivity index (χ2n) is 6.53. The van der Waals surface area contributed by atoms with Gasteiger partial charge in [-0.15, -0.1) is 0 Å². The number of carbonyl (C=O) groups excluding carboxylic acids is 1. The molecule has 6 heteroatoms. The lowest BCUT2D eigenvalue weighted by Crippen LogP contribution is -2.49. The van der Waals surface area contributed by atoms with Crippen molar-refractivity contribution in [1.29, 1.82) is 0 Å². The molecule has 1 amide bonds. The molecule has 2 aromatic rings. The van der Waals surface area contributed by atoms with Gasteiger partial charge in [-0.1, -0.05) is 23.7 Å². The van der Waals surface area contributed by atoms with Crippen molar-refractivity contribution >= 4 is 17.5 Å². The minimum absolute atomic E-state index is 0.0674. The topological polar surface area (TPSA) is 42.0 Å². The Morgan fingerprint density at radius 2 is 1.78 bits per heavy atom. The molecule has 0 unspecified atom stereocenters. The van der Waals surface area contributed by atoms with Gasteiger partial charge < -0.3 is 14.4 Å². The Hall–Kier alpha value is -2.24. The standard InChI is InChI=1S/C21H25ClN2O3/c1-26-19-7-2-5-17(15-19)21(25)24-12-10-23(11-13-24)9-4-14-27-20-8-3-6-18(22)16-20/h2-3,5-8,15-16H,4,9-14H2,1H3. The first-order valence-corrected chi connectivity index (χ1v) is 9.57. The Balaban J connectivity index is 1.39. The molecule has 0 radical (unpaired) electrons. The summed E-state index contributed by atoms with van der Waals surface area (Å²) < 4.78 is 10.9. The molecule has 3 rings (SSSR count). The number of ether oxygens (including phenoxy) is 2. The molecule has 27 heavy (non-hydrogen) atoms. The predicted octanol–water partition coefficient (Wildman–Crippen LogP) is 3.58. The van der Waals surface area contributed by atoms with Crippen molar-refractivity contribution in [2.75, 3.05) is 46.4 Å². The van der Waals surface area contributed by atoms with Gasteiger partial charge in [-0.25, -0.2) is 0 Å². The lowest BCUT2D eigenvalue weighted by atomic mass is 10.1. The molecule has 0 bridgehead atoms. The summed E-state index contributed by atoms with van der Waals surface area (Å²) in [4.78, 5) is 16.9. The van der Waals surface area contributed by atoms with E-state index in [1.807, 2.05) is 47.4 Å². The SMILES string of the molecule is COc1cccc(C(=O)N2CCN(CCCOc3cccc(Cl)c3)CC2)c1. The van der Waals surface area contributed by atoms with E-state index in [2.05, 4.69) is 4.90 Å². The van der Waals surface area contributed by atoms with E-state index in [4.69, 9.17) is 21.1 Å². The van der Waals surface area contributed by atoms with Crippen LogP contribution in [0.1, 0.15) is 16.8 Å². The Labute approximate surface area is 165 Å². The Kier molecular flexibility index (Phi) is 6.96. The molecule has 1 aliphatic heterocycles. The fourth-order valence-corrected chi connectivity index (χ4v) is 3.33. The van der Waals surface area contributed by atoms with Crippen molar-refractivity contribution in [2.45, 2.75) is 6.42 Å². The summed E-state index contributed by atoms with van der Waals surface area (Å²) in [5.41, 5.74) is 0.678. The number of benzene rings is 2. The summed E-state index contributed by atoms with van der Waals surface area (Å²) in [6, 6.07) is 14.8. The zero-order chi connectivity index (χ0) is 19.1. The van der Waals surface area contributed by atoms with Gasteiger partial charge >= 0.3 is 0 Å². The fourth-order valence-electron chi connectivity index (χ4n) is 3.15. The maximum Gasteiger partial charge on any atom is 0.254 e. The lowest BCUT2D eigenvalue weighted by Gasteiger charge is -2.34. The molecule has 1 saturated heterocycles. The van der Waals surface area contributed by atoms with Crippen LogP contribution in [0.2, 0.25) is 5.02 Å². The van der Waals surface area contributed by atoms with E-state index < -0.39 is 0 Å². The molecule has 144 valence electrons. The second-order valence-corrected chi connectivity index (χ2v) is 6.96. The number of nitrogens with zero attached hydrogens (tertiary/aromatic N) is 2. The average Bonchev–Trinajstić information content (AvgIpc) is 2.71. The molecular formula is C21H25ClN2O3. The second kappa shape index (κ2) is 9.62. The third kappa shape index (κ3) is 5.62. The van der Waals surface area contributed by atoms with Gasteiger partial charge in [0.15, 0.2) is 0 Å². The number of hydrogen-bond acceptors (Lipinski definition) is 4. The van der Waals surface area contributed by atoms with Gasteiger partial charge in [0, 0.05) is 43.3 Å². The molecule has 0 aromatic heterocycles. The van der Waals surface area contributed by atoms with Gasteiger partial charge in [-0.2, -0.15) is 0 Å².